The van der Waals surface area contributed by atoms with Crippen LogP contribution in [0.2, 0.25) is 0 Å². The van der Waals surface area contributed by atoms with Gasteiger partial charge in [-0.3, -0.25) is 0 Å². The van der Waals surface area contributed by atoms with Gasteiger partial charge in [0.1, 0.15) is 0 Å². The minimum Gasteiger partial charge on any atom is -0.316 e. The fourth-order valence-corrected chi connectivity index (χ4v) is 5.42. The minimum absolute atomic E-state index is 0. The van der Waals surface area contributed by atoms with Crippen molar-refractivity contribution in [2.45, 2.75) is 18.2 Å². The zero-order chi connectivity index (χ0) is 12.5. The molecule has 8 heteroatoms. The standard InChI is InChI=1S/C10H15BrN2O2S2.ClH/c1-7-9(4-10(11)16-7)17(14,15)13-6-8-2-3-12-5-8;/h4,8,12-13H,2-3,5-6H2,1H3;1H. The smallest absolute Gasteiger partial charge is 0.241 e. The maximum absolute atomic E-state index is 12.1. The van der Waals surface area contributed by atoms with Crippen LogP contribution in [-0.4, -0.2) is 28.1 Å². The Morgan fingerprint density at radius 1 is 1.61 bits per heavy atom. The van der Waals surface area contributed by atoms with Gasteiger partial charge in [-0.1, -0.05) is 0 Å². The lowest BCUT2D eigenvalue weighted by Crippen LogP contribution is -2.30. The molecular formula is C10H16BrClN2O2S2. The summed E-state index contributed by atoms with van der Waals surface area (Å²) < 4.78 is 27.7. The first-order chi connectivity index (χ1) is 7.99. The van der Waals surface area contributed by atoms with Crippen LogP contribution in [0.4, 0.5) is 0 Å². The van der Waals surface area contributed by atoms with Crippen molar-refractivity contribution in [2.75, 3.05) is 19.6 Å². The van der Waals surface area contributed by atoms with E-state index >= 15 is 0 Å². The zero-order valence-electron chi connectivity index (χ0n) is 9.90. The van der Waals surface area contributed by atoms with Crippen LogP contribution in [0.3, 0.4) is 0 Å². The predicted octanol–water partition coefficient (Wildman–Crippen LogP) is 2.13. The summed E-state index contributed by atoms with van der Waals surface area (Å²) in [5.74, 6) is 0.409. The van der Waals surface area contributed by atoms with E-state index in [1.165, 1.54) is 11.3 Å². The molecule has 4 nitrogen and oxygen atoms in total. The summed E-state index contributed by atoms with van der Waals surface area (Å²) in [6.45, 7) is 4.22. The van der Waals surface area contributed by atoms with Gasteiger partial charge in [0, 0.05) is 11.4 Å². The van der Waals surface area contributed by atoms with E-state index in [0.717, 1.165) is 28.2 Å². The second-order valence-corrected chi connectivity index (χ2v) is 8.55. The second-order valence-electron chi connectivity index (χ2n) is 4.18. The Kier molecular flexibility index (Phi) is 6.08. The van der Waals surface area contributed by atoms with E-state index in [0.29, 0.717) is 17.4 Å². The van der Waals surface area contributed by atoms with Crippen molar-refractivity contribution in [1.82, 2.24) is 10.0 Å². The lowest BCUT2D eigenvalue weighted by molar-refractivity contribution is 0.538. The van der Waals surface area contributed by atoms with Crippen LogP contribution in [0.1, 0.15) is 11.3 Å². The summed E-state index contributed by atoms with van der Waals surface area (Å²) in [5, 5.41) is 3.22. The molecule has 1 aromatic rings. The van der Waals surface area contributed by atoms with Gasteiger partial charge >= 0.3 is 0 Å². The van der Waals surface area contributed by atoms with Crippen molar-refractivity contribution < 1.29 is 8.42 Å². The molecule has 1 fully saturated rings. The van der Waals surface area contributed by atoms with Crippen molar-refractivity contribution in [2.24, 2.45) is 5.92 Å². The first-order valence-corrected chi connectivity index (χ1v) is 8.54. The summed E-state index contributed by atoms with van der Waals surface area (Å²) in [5.41, 5.74) is 0. The second kappa shape index (κ2) is 6.67. The van der Waals surface area contributed by atoms with Crippen LogP contribution < -0.4 is 10.0 Å². The molecule has 104 valence electrons. The highest BCUT2D eigenvalue weighted by atomic mass is 79.9. The van der Waals surface area contributed by atoms with Crippen LogP contribution >= 0.6 is 39.7 Å². The van der Waals surface area contributed by atoms with Crippen molar-refractivity contribution in [1.29, 1.82) is 0 Å². The molecule has 1 atom stereocenters. The fourth-order valence-electron chi connectivity index (χ4n) is 1.89. The van der Waals surface area contributed by atoms with Gasteiger partial charge in [0.05, 0.1) is 8.68 Å². The lowest BCUT2D eigenvalue weighted by Gasteiger charge is -2.10. The fraction of sp³-hybridized carbons (Fsp3) is 0.600. The van der Waals surface area contributed by atoms with Gasteiger partial charge in [-0.2, -0.15) is 0 Å². The topological polar surface area (TPSA) is 58.2 Å². The number of hydrogen-bond donors (Lipinski definition) is 2. The third-order valence-corrected chi connectivity index (χ3v) is 6.09. The van der Waals surface area contributed by atoms with Crippen molar-refractivity contribution in [3.8, 4) is 0 Å². The number of aryl methyl sites for hydroxylation is 1. The van der Waals surface area contributed by atoms with E-state index in [2.05, 4.69) is 26.0 Å². The van der Waals surface area contributed by atoms with Gasteiger partial charge in [-0.15, -0.1) is 23.7 Å². The Morgan fingerprint density at radius 3 is 2.83 bits per heavy atom. The summed E-state index contributed by atoms with van der Waals surface area (Å²) in [6, 6.07) is 1.66. The van der Waals surface area contributed by atoms with Gasteiger partial charge in [0.2, 0.25) is 10.0 Å². The molecule has 0 spiro atoms. The Balaban J connectivity index is 0.00000162. The molecule has 2 heterocycles. The molecule has 1 aromatic heterocycles. The van der Waals surface area contributed by atoms with E-state index in [4.69, 9.17) is 0 Å². The Morgan fingerprint density at radius 2 is 2.33 bits per heavy atom. The van der Waals surface area contributed by atoms with Gasteiger partial charge in [0.25, 0.3) is 0 Å². The largest absolute Gasteiger partial charge is 0.316 e. The highest BCUT2D eigenvalue weighted by Gasteiger charge is 2.22. The molecule has 1 saturated heterocycles. The number of sulfonamides is 1. The average molecular weight is 376 g/mol. The molecule has 0 radical (unpaired) electrons. The molecule has 2 rings (SSSR count). The summed E-state index contributed by atoms with van der Waals surface area (Å²) in [6.07, 6.45) is 1.04. The minimum atomic E-state index is -3.35. The number of thiophene rings is 1. The molecule has 18 heavy (non-hydrogen) atoms. The number of nitrogens with one attached hydrogen (secondary N) is 2. The highest BCUT2D eigenvalue weighted by Crippen LogP contribution is 2.29. The van der Waals surface area contributed by atoms with Gasteiger partial charge in [-0.25, -0.2) is 13.1 Å². The molecule has 0 bridgehead atoms. The first-order valence-electron chi connectivity index (χ1n) is 5.45. The van der Waals surface area contributed by atoms with E-state index < -0.39 is 10.0 Å². The third kappa shape index (κ3) is 3.91. The van der Waals surface area contributed by atoms with Crippen LogP contribution in [0.15, 0.2) is 14.7 Å². The molecule has 1 aliphatic rings. The average Bonchev–Trinajstić information content (AvgIpc) is 2.85. The van der Waals surface area contributed by atoms with E-state index in [1.807, 2.05) is 6.92 Å². The number of hydrogen-bond acceptors (Lipinski definition) is 4. The van der Waals surface area contributed by atoms with Crippen LogP contribution in [-0.2, 0) is 10.0 Å². The highest BCUT2D eigenvalue weighted by molar-refractivity contribution is 9.11. The zero-order valence-corrected chi connectivity index (χ0v) is 13.9. The summed E-state index contributed by atoms with van der Waals surface area (Å²) in [4.78, 5) is 1.20. The van der Waals surface area contributed by atoms with Crippen molar-refractivity contribution >= 4 is 49.7 Å². The van der Waals surface area contributed by atoms with E-state index in [9.17, 15) is 8.42 Å². The monoisotopic (exact) mass is 374 g/mol. The van der Waals surface area contributed by atoms with Crippen LogP contribution in [0.5, 0.6) is 0 Å². The Labute approximate surface area is 126 Å². The summed E-state index contributed by atoms with van der Waals surface area (Å²) in [7, 11) is -3.35. The van der Waals surface area contributed by atoms with Crippen molar-refractivity contribution in [3.05, 3.63) is 14.7 Å². The molecule has 0 aliphatic carbocycles. The van der Waals surface area contributed by atoms with Crippen molar-refractivity contribution in [3.63, 3.8) is 0 Å². The van der Waals surface area contributed by atoms with E-state index in [1.54, 1.807) is 6.07 Å². The molecule has 0 aromatic carbocycles. The van der Waals surface area contributed by atoms with Gasteiger partial charge in [-0.05, 0) is 54.3 Å². The molecule has 1 aliphatic heterocycles. The van der Waals surface area contributed by atoms with Gasteiger partial charge < -0.3 is 5.32 Å². The molecule has 0 saturated carbocycles. The lowest BCUT2D eigenvalue weighted by atomic mass is 10.1. The Bertz CT molecular complexity index is 498. The molecular weight excluding hydrogens is 360 g/mol. The number of rotatable bonds is 4. The van der Waals surface area contributed by atoms with E-state index in [-0.39, 0.29) is 12.4 Å². The predicted molar refractivity (Wildman–Crippen MR) is 80.2 cm³/mol. The first kappa shape index (κ1) is 16.4. The third-order valence-electron chi connectivity index (χ3n) is 2.86. The van der Waals surface area contributed by atoms with Gasteiger partial charge in [0.15, 0.2) is 0 Å². The number of halogens is 2. The molecule has 2 N–H and O–H groups in total. The maximum Gasteiger partial charge on any atom is 0.241 e. The maximum atomic E-state index is 12.1. The Hall–Kier alpha value is 0.340. The normalized spacial score (nSPS) is 19.8. The molecule has 0 amide bonds. The molecule has 1 unspecified atom stereocenters. The SMILES string of the molecule is Cc1sc(Br)cc1S(=O)(=O)NCC1CCNC1.Cl. The van der Waals surface area contributed by atoms with Crippen LogP contribution in [0, 0.1) is 12.8 Å². The summed E-state index contributed by atoms with van der Waals surface area (Å²) >= 11 is 4.75. The van der Waals surface area contributed by atoms with Crippen LogP contribution in [0.25, 0.3) is 0 Å². The quantitative estimate of drug-likeness (QED) is 0.847.